The van der Waals surface area contributed by atoms with E-state index in [2.05, 4.69) is 15.0 Å². The van der Waals surface area contributed by atoms with Gasteiger partial charge in [-0.15, -0.1) is 11.3 Å². The molecule has 1 aliphatic rings. The Balaban J connectivity index is 1.56. The van der Waals surface area contributed by atoms with Gasteiger partial charge in [0, 0.05) is 24.1 Å². The zero-order chi connectivity index (χ0) is 18.3. The third-order valence-corrected chi connectivity index (χ3v) is 5.42. The van der Waals surface area contributed by atoms with Crippen molar-refractivity contribution in [1.29, 1.82) is 0 Å². The number of rotatable bonds is 3. The molecule has 0 saturated carbocycles. The predicted octanol–water partition coefficient (Wildman–Crippen LogP) is 2.14. The third kappa shape index (κ3) is 2.88. The van der Waals surface area contributed by atoms with Gasteiger partial charge in [0.2, 0.25) is 5.91 Å². The molecule has 0 fully saturated rings. The topological polar surface area (TPSA) is 105 Å². The second-order valence-corrected chi connectivity index (χ2v) is 7.05. The molecule has 3 heterocycles. The fourth-order valence-electron chi connectivity index (χ4n) is 3.05. The highest BCUT2D eigenvalue weighted by Gasteiger charge is 2.26. The molecule has 132 valence electrons. The first kappa shape index (κ1) is 16.5. The molecule has 2 aromatic heterocycles. The van der Waals surface area contributed by atoms with Crippen LogP contribution in [0, 0.1) is 6.92 Å². The molecule has 0 aliphatic carbocycles. The SMILES string of the molecule is Cc1ncsc1C(=O)N1CCc2nc(-c3ccc(C(N)=O)cc3)[nH]c2C1. The van der Waals surface area contributed by atoms with E-state index in [0.29, 0.717) is 30.0 Å². The first-order valence-corrected chi connectivity index (χ1v) is 9.08. The Morgan fingerprint density at radius 2 is 2.04 bits per heavy atom. The normalized spacial score (nSPS) is 13.5. The standard InChI is InChI=1S/C18H17N5O2S/c1-10-15(26-9-20-10)18(25)23-7-6-13-14(8-23)22-17(21-13)12-4-2-11(3-5-12)16(19)24/h2-5,9H,6-8H2,1H3,(H2,19,24)(H,21,22). The zero-order valence-electron chi connectivity index (χ0n) is 14.2. The number of aromatic nitrogens is 3. The smallest absolute Gasteiger partial charge is 0.266 e. The molecule has 3 aromatic rings. The van der Waals surface area contributed by atoms with Crippen LogP contribution < -0.4 is 5.73 Å². The number of aromatic amines is 1. The monoisotopic (exact) mass is 367 g/mol. The van der Waals surface area contributed by atoms with Gasteiger partial charge in [0.25, 0.3) is 5.91 Å². The second-order valence-electron chi connectivity index (χ2n) is 6.20. The zero-order valence-corrected chi connectivity index (χ0v) is 15.0. The van der Waals surface area contributed by atoms with Crippen molar-refractivity contribution in [2.45, 2.75) is 19.9 Å². The number of imidazole rings is 1. The van der Waals surface area contributed by atoms with Crippen LogP contribution in [0.3, 0.4) is 0 Å². The van der Waals surface area contributed by atoms with Crippen LogP contribution in [-0.2, 0) is 13.0 Å². The summed E-state index contributed by atoms with van der Waals surface area (Å²) in [5.41, 5.74) is 11.0. The molecule has 3 N–H and O–H groups in total. The van der Waals surface area contributed by atoms with E-state index in [-0.39, 0.29) is 5.91 Å². The van der Waals surface area contributed by atoms with Crippen molar-refractivity contribution in [3.05, 3.63) is 57.3 Å². The number of nitrogens with one attached hydrogen (secondary N) is 1. The lowest BCUT2D eigenvalue weighted by atomic mass is 10.1. The van der Waals surface area contributed by atoms with E-state index in [9.17, 15) is 9.59 Å². The maximum absolute atomic E-state index is 12.7. The molecule has 0 unspecified atom stereocenters. The highest BCUT2D eigenvalue weighted by Crippen LogP contribution is 2.25. The van der Waals surface area contributed by atoms with Gasteiger partial charge in [0.1, 0.15) is 10.7 Å². The molecule has 1 aliphatic heterocycles. The second kappa shape index (κ2) is 6.38. The largest absolute Gasteiger partial charge is 0.366 e. The van der Waals surface area contributed by atoms with Gasteiger partial charge < -0.3 is 15.6 Å². The number of aryl methyl sites for hydroxylation is 1. The Kier molecular flexibility index (Phi) is 4.04. The summed E-state index contributed by atoms with van der Waals surface area (Å²) in [6.07, 6.45) is 0.703. The van der Waals surface area contributed by atoms with Crippen molar-refractivity contribution in [1.82, 2.24) is 19.9 Å². The van der Waals surface area contributed by atoms with Crippen LogP contribution >= 0.6 is 11.3 Å². The van der Waals surface area contributed by atoms with Gasteiger partial charge in [-0.3, -0.25) is 9.59 Å². The van der Waals surface area contributed by atoms with Crippen LogP contribution in [0.1, 0.15) is 37.1 Å². The fraction of sp³-hybridized carbons (Fsp3) is 0.222. The molecule has 0 bridgehead atoms. The van der Waals surface area contributed by atoms with Crippen molar-refractivity contribution in [3.63, 3.8) is 0 Å². The molecule has 7 nitrogen and oxygen atoms in total. The molecule has 0 atom stereocenters. The first-order valence-electron chi connectivity index (χ1n) is 8.20. The Hall–Kier alpha value is -3.00. The van der Waals surface area contributed by atoms with Gasteiger partial charge >= 0.3 is 0 Å². The molecular formula is C18H17N5O2S. The quantitative estimate of drug-likeness (QED) is 0.740. The van der Waals surface area contributed by atoms with E-state index in [1.807, 2.05) is 24.0 Å². The predicted molar refractivity (Wildman–Crippen MR) is 97.8 cm³/mol. The Bertz CT molecular complexity index is 989. The highest BCUT2D eigenvalue weighted by molar-refractivity contribution is 7.11. The number of hydrogen-bond acceptors (Lipinski definition) is 5. The number of thiazole rings is 1. The Labute approximate surface area is 153 Å². The number of carbonyl (C=O) groups is 2. The van der Waals surface area contributed by atoms with Crippen molar-refractivity contribution in [2.24, 2.45) is 5.73 Å². The lowest BCUT2D eigenvalue weighted by Gasteiger charge is -2.25. The maximum atomic E-state index is 12.7. The number of amides is 2. The summed E-state index contributed by atoms with van der Waals surface area (Å²) in [6.45, 7) is 2.98. The van der Waals surface area contributed by atoms with Gasteiger partial charge in [-0.1, -0.05) is 12.1 Å². The van der Waals surface area contributed by atoms with Gasteiger partial charge in [-0.05, 0) is 19.1 Å². The van der Waals surface area contributed by atoms with Crippen LogP contribution in [0.2, 0.25) is 0 Å². The summed E-state index contributed by atoms with van der Waals surface area (Å²) < 4.78 is 0. The van der Waals surface area contributed by atoms with Crippen LogP contribution in [-0.4, -0.2) is 38.2 Å². The lowest BCUT2D eigenvalue weighted by Crippen LogP contribution is -2.35. The van der Waals surface area contributed by atoms with Gasteiger partial charge in [-0.2, -0.15) is 0 Å². The van der Waals surface area contributed by atoms with E-state index in [1.165, 1.54) is 11.3 Å². The Morgan fingerprint density at radius 1 is 1.27 bits per heavy atom. The van der Waals surface area contributed by atoms with E-state index in [4.69, 9.17) is 5.73 Å². The van der Waals surface area contributed by atoms with E-state index in [1.54, 1.807) is 17.6 Å². The average molecular weight is 367 g/mol. The molecule has 0 radical (unpaired) electrons. The summed E-state index contributed by atoms with van der Waals surface area (Å²) in [4.78, 5) is 38.5. The molecule has 4 rings (SSSR count). The van der Waals surface area contributed by atoms with Crippen molar-refractivity contribution < 1.29 is 9.59 Å². The number of nitrogens with zero attached hydrogens (tertiary/aromatic N) is 3. The van der Waals surface area contributed by atoms with Gasteiger partial charge in [-0.25, -0.2) is 9.97 Å². The molecule has 2 amide bonds. The minimum Gasteiger partial charge on any atom is -0.366 e. The molecule has 0 spiro atoms. The number of nitrogens with two attached hydrogens (primary N) is 1. The summed E-state index contributed by atoms with van der Waals surface area (Å²) >= 11 is 1.37. The number of fused-ring (bicyclic) bond motifs is 1. The molecule has 1 aromatic carbocycles. The minimum atomic E-state index is -0.456. The number of hydrogen-bond donors (Lipinski definition) is 2. The van der Waals surface area contributed by atoms with Crippen LogP contribution in [0.4, 0.5) is 0 Å². The molecular weight excluding hydrogens is 350 g/mol. The van der Waals surface area contributed by atoms with E-state index >= 15 is 0 Å². The summed E-state index contributed by atoms with van der Waals surface area (Å²) in [5, 5.41) is 0. The average Bonchev–Trinajstić information content (AvgIpc) is 3.26. The van der Waals surface area contributed by atoms with Crippen LogP contribution in [0.5, 0.6) is 0 Å². The van der Waals surface area contributed by atoms with Crippen molar-refractivity contribution in [2.75, 3.05) is 6.54 Å². The van der Waals surface area contributed by atoms with E-state index in [0.717, 1.165) is 28.5 Å². The Morgan fingerprint density at radius 3 is 2.69 bits per heavy atom. The van der Waals surface area contributed by atoms with Crippen molar-refractivity contribution >= 4 is 23.2 Å². The van der Waals surface area contributed by atoms with Gasteiger partial charge in [0.15, 0.2) is 0 Å². The van der Waals surface area contributed by atoms with Crippen LogP contribution in [0.15, 0.2) is 29.8 Å². The molecule has 8 heteroatoms. The minimum absolute atomic E-state index is 0.0117. The maximum Gasteiger partial charge on any atom is 0.266 e. The van der Waals surface area contributed by atoms with Crippen LogP contribution in [0.25, 0.3) is 11.4 Å². The highest BCUT2D eigenvalue weighted by atomic mass is 32.1. The molecule has 26 heavy (non-hydrogen) atoms. The first-order chi connectivity index (χ1) is 12.5. The number of benzene rings is 1. The summed E-state index contributed by atoms with van der Waals surface area (Å²) in [7, 11) is 0. The summed E-state index contributed by atoms with van der Waals surface area (Å²) in [6, 6.07) is 6.99. The number of carbonyl (C=O) groups excluding carboxylic acids is 2. The fourth-order valence-corrected chi connectivity index (χ4v) is 3.82. The van der Waals surface area contributed by atoms with E-state index < -0.39 is 5.91 Å². The molecule has 0 saturated heterocycles. The van der Waals surface area contributed by atoms with Crippen molar-refractivity contribution in [3.8, 4) is 11.4 Å². The van der Waals surface area contributed by atoms with Gasteiger partial charge in [0.05, 0.1) is 29.1 Å². The lowest BCUT2D eigenvalue weighted by molar-refractivity contribution is 0.0735. The number of H-pyrrole nitrogens is 1. The summed E-state index contributed by atoms with van der Waals surface area (Å²) in [5.74, 6) is 0.287. The third-order valence-electron chi connectivity index (χ3n) is 4.50. The number of primary amides is 1.